The molecule has 2 N–H and O–H groups in total. The van der Waals surface area contributed by atoms with E-state index in [1.54, 1.807) is 12.1 Å². The maximum absolute atomic E-state index is 5.96. The first-order chi connectivity index (χ1) is 10.0. The lowest BCUT2D eigenvalue weighted by Gasteiger charge is -2.29. The molecule has 0 spiro atoms. The van der Waals surface area contributed by atoms with Crippen molar-refractivity contribution in [3.63, 3.8) is 0 Å². The van der Waals surface area contributed by atoms with Gasteiger partial charge in [-0.25, -0.2) is 0 Å². The Kier molecular flexibility index (Phi) is 4.38. The van der Waals surface area contributed by atoms with Crippen molar-refractivity contribution in [3.8, 4) is 11.5 Å². The number of nitrogens with two attached hydrogens (primary N) is 1. The summed E-state index contributed by atoms with van der Waals surface area (Å²) in [5.74, 6) is 2.21. The molecule has 1 aliphatic rings. The van der Waals surface area contributed by atoms with Crippen LogP contribution in [-0.4, -0.2) is 26.4 Å². The first kappa shape index (κ1) is 15.1. The van der Waals surface area contributed by atoms with Gasteiger partial charge in [-0.3, -0.25) is 0 Å². The largest absolute Gasteiger partial charge is 0.398 e. The Hall–Kier alpha value is -0.850. The second-order valence-electron chi connectivity index (χ2n) is 5.06. The van der Waals surface area contributed by atoms with Gasteiger partial charge in [0.05, 0.1) is 10.8 Å². The quantitative estimate of drug-likeness (QED) is 0.823. The molecule has 1 saturated heterocycles. The number of hydrogen-bond acceptors (Lipinski definition) is 6. The van der Waals surface area contributed by atoms with Crippen LogP contribution in [0.4, 0.5) is 5.69 Å². The summed E-state index contributed by atoms with van der Waals surface area (Å²) in [4.78, 5) is 4.52. The molecule has 0 radical (unpaired) electrons. The molecule has 3 atom stereocenters. The van der Waals surface area contributed by atoms with Crippen molar-refractivity contribution in [1.82, 2.24) is 10.1 Å². The van der Waals surface area contributed by atoms with Crippen molar-refractivity contribution < 1.29 is 4.52 Å². The zero-order valence-corrected chi connectivity index (χ0v) is 14.1. The molecule has 0 bridgehead atoms. The number of halogens is 1. The van der Waals surface area contributed by atoms with Gasteiger partial charge in [0.2, 0.25) is 0 Å². The number of anilines is 1. The van der Waals surface area contributed by atoms with Gasteiger partial charge in [0.25, 0.3) is 5.89 Å². The van der Waals surface area contributed by atoms with Gasteiger partial charge in [-0.15, -0.1) is 11.8 Å². The molecule has 1 aliphatic heterocycles. The number of nitrogen functional groups attached to an aromatic ring is 1. The van der Waals surface area contributed by atoms with Crippen molar-refractivity contribution in [2.24, 2.45) is 0 Å². The van der Waals surface area contributed by atoms with E-state index < -0.39 is 0 Å². The summed E-state index contributed by atoms with van der Waals surface area (Å²) in [6.45, 7) is 4.50. The molecular weight excluding hydrogens is 326 g/mol. The van der Waals surface area contributed by atoms with E-state index in [2.05, 4.69) is 24.0 Å². The van der Waals surface area contributed by atoms with Crippen LogP contribution in [0.5, 0.6) is 0 Å². The Morgan fingerprint density at radius 1 is 1.33 bits per heavy atom. The van der Waals surface area contributed by atoms with Crippen molar-refractivity contribution in [2.45, 2.75) is 29.6 Å². The lowest BCUT2D eigenvalue weighted by atomic mass is 10.2. The summed E-state index contributed by atoms with van der Waals surface area (Å²) in [5.41, 5.74) is 7.24. The maximum atomic E-state index is 5.96. The standard InChI is InChI=1S/C14H16ClN3OS2/c1-7-8(2)21-12(6-20-7)13-17-14(19-18-13)10-4-3-9(15)5-11(10)16/h3-5,7-8,12H,6,16H2,1-2H3. The highest BCUT2D eigenvalue weighted by atomic mass is 35.5. The van der Waals surface area contributed by atoms with Crippen LogP contribution in [0.25, 0.3) is 11.5 Å². The van der Waals surface area contributed by atoms with Gasteiger partial charge in [0.1, 0.15) is 0 Å². The molecule has 21 heavy (non-hydrogen) atoms. The molecule has 0 amide bonds. The molecule has 0 saturated carbocycles. The molecule has 2 heterocycles. The van der Waals surface area contributed by atoms with Crippen molar-refractivity contribution in [1.29, 1.82) is 0 Å². The van der Waals surface area contributed by atoms with Crippen LogP contribution in [-0.2, 0) is 0 Å². The lowest BCUT2D eigenvalue weighted by molar-refractivity contribution is 0.423. The molecule has 3 unspecified atom stereocenters. The summed E-state index contributed by atoms with van der Waals surface area (Å²) in [7, 11) is 0. The second kappa shape index (κ2) is 6.10. The van der Waals surface area contributed by atoms with Gasteiger partial charge >= 0.3 is 0 Å². The zero-order valence-electron chi connectivity index (χ0n) is 11.7. The summed E-state index contributed by atoms with van der Waals surface area (Å²) in [6, 6.07) is 5.27. The Morgan fingerprint density at radius 3 is 2.86 bits per heavy atom. The van der Waals surface area contributed by atoms with E-state index >= 15 is 0 Å². The number of thioether (sulfide) groups is 2. The van der Waals surface area contributed by atoms with E-state index in [9.17, 15) is 0 Å². The molecule has 7 heteroatoms. The van der Waals surface area contributed by atoms with Crippen LogP contribution in [0.15, 0.2) is 22.7 Å². The molecule has 1 aromatic carbocycles. The minimum absolute atomic E-state index is 0.271. The van der Waals surface area contributed by atoms with E-state index in [1.165, 1.54) is 0 Å². The second-order valence-corrected chi connectivity index (χ2v) is 8.49. The van der Waals surface area contributed by atoms with E-state index in [0.717, 1.165) is 17.1 Å². The first-order valence-electron chi connectivity index (χ1n) is 6.70. The summed E-state index contributed by atoms with van der Waals surface area (Å²) >= 11 is 9.77. The van der Waals surface area contributed by atoms with E-state index in [0.29, 0.717) is 27.1 Å². The fourth-order valence-electron chi connectivity index (χ4n) is 2.12. The molecule has 1 fully saturated rings. The molecule has 1 aromatic heterocycles. The predicted molar refractivity (Wildman–Crippen MR) is 90.9 cm³/mol. The van der Waals surface area contributed by atoms with Gasteiger partial charge in [-0.05, 0) is 18.2 Å². The first-order valence-corrected chi connectivity index (χ1v) is 9.07. The Morgan fingerprint density at radius 2 is 2.14 bits per heavy atom. The maximum Gasteiger partial charge on any atom is 0.260 e. The molecule has 112 valence electrons. The van der Waals surface area contributed by atoms with Crippen LogP contribution in [0.2, 0.25) is 5.02 Å². The van der Waals surface area contributed by atoms with Crippen LogP contribution in [0, 0.1) is 0 Å². The van der Waals surface area contributed by atoms with Gasteiger partial charge in [-0.1, -0.05) is 30.6 Å². The molecular formula is C14H16ClN3OS2. The fraction of sp³-hybridized carbons (Fsp3) is 0.429. The van der Waals surface area contributed by atoms with Crippen LogP contribution in [0.3, 0.4) is 0 Å². The summed E-state index contributed by atoms with van der Waals surface area (Å²) in [5, 5.41) is 6.23. The molecule has 4 nitrogen and oxygen atoms in total. The third-order valence-corrected chi connectivity index (χ3v) is 7.15. The normalized spacial score (nSPS) is 26.0. The lowest BCUT2D eigenvalue weighted by Crippen LogP contribution is -2.22. The Bertz CT molecular complexity index is 649. The number of rotatable bonds is 2. The van der Waals surface area contributed by atoms with E-state index in [-0.39, 0.29) is 5.25 Å². The third kappa shape index (κ3) is 3.17. The monoisotopic (exact) mass is 341 g/mol. The highest BCUT2D eigenvalue weighted by molar-refractivity contribution is 8.07. The predicted octanol–water partition coefficient (Wildman–Crippen LogP) is 4.27. The average molecular weight is 342 g/mol. The van der Waals surface area contributed by atoms with Crippen LogP contribution in [0.1, 0.15) is 24.9 Å². The van der Waals surface area contributed by atoms with Crippen molar-refractivity contribution in [2.75, 3.05) is 11.5 Å². The highest BCUT2D eigenvalue weighted by Crippen LogP contribution is 2.43. The minimum Gasteiger partial charge on any atom is -0.398 e. The SMILES string of the molecule is CC1SCC(c2noc(-c3ccc(Cl)cc3N)n2)SC1C. The Balaban J connectivity index is 1.83. The molecule has 0 aliphatic carbocycles. The smallest absolute Gasteiger partial charge is 0.260 e. The molecule has 3 rings (SSSR count). The molecule has 2 aromatic rings. The number of nitrogens with zero attached hydrogens (tertiary/aromatic N) is 2. The highest BCUT2D eigenvalue weighted by Gasteiger charge is 2.30. The summed E-state index contributed by atoms with van der Waals surface area (Å²) in [6.07, 6.45) is 0. The number of benzene rings is 1. The van der Waals surface area contributed by atoms with Crippen LogP contribution >= 0.6 is 35.1 Å². The number of hydrogen-bond donors (Lipinski definition) is 1. The van der Waals surface area contributed by atoms with Crippen molar-refractivity contribution in [3.05, 3.63) is 29.0 Å². The average Bonchev–Trinajstić information content (AvgIpc) is 2.91. The van der Waals surface area contributed by atoms with Gasteiger partial charge in [-0.2, -0.15) is 16.7 Å². The zero-order chi connectivity index (χ0) is 15.0. The topological polar surface area (TPSA) is 64.9 Å². The van der Waals surface area contributed by atoms with Gasteiger partial charge < -0.3 is 10.3 Å². The Labute approximate surface area is 137 Å². The minimum atomic E-state index is 0.271. The third-order valence-electron chi connectivity index (χ3n) is 3.52. The van der Waals surface area contributed by atoms with Crippen molar-refractivity contribution >= 4 is 40.8 Å². The van der Waals surface area contributed by atoms with E-state index in [4.69, 9.17) is 21.9 Å². The summed E-state index contributed by atoms with van der Waals surface area (Å²) < 4.78 is 5.38. The van der Waals surface area contributed by atoms with Gasteiger partial charge in [0.15, 0.2) is 5.82 Å². The number of aromatic nitrogens is 2. The van der Waals surface area contributed by atoms with Gasteiger partial charge in [0, 0.05) is 27.0 Å². The van der Waals surface area contributed by atoms with E-state index in [1.807, 2.05) is 29.6 Å². The van der Waals surface area contributed by atoms with Crippen LogP contribution < -0.4 is 5.73 Å². The fourth-order valence-corrected chi connectivity index (χ4v) is 5.14.